The minimum absolute atomic E-state index is 0.129. The summed E-state index contributed by atoms with van der Waals surface area (Å²) in [5, 5.41) is 2.83. The summed E-state index contributed by atoms with van der Waals surface area (Å²) in [6.07, 6.45) is 0.888. The van der Waals surface area contributed by atoms with Crippen molar-refractivity contribution >= 4 is 50.5 Å². The molecule has 0 heterocycles. The Morgan fingerprint density at radius 3 is 2.46 bits per heavy atom. The number of carbonyl (C=O) groups is 1. The Morgan fingerprint density at radius 1 is 1.17 bits per heavy atom. The number of halogens is 3. The third-order valence-corrected chi connectivity index (χ3v) is 4.98. The lowest BCUT2D eigenvalue weighted by molar-refractivity contribution is -0.114. The van der Waals surface area contributed by atoms with E-state index in [1.165, 1.54) is 24.3 Å². The van der Waals surface area contributed by atoms with Crippen LogP contribution in [0.15, 0.2) is 42.5 Å². The molecular formula is C15H13Cl2FN2O3S. The van der Waals surface area contributed by atoms with Gasteiger partial charge < -0.3 is 5.32 Å². The molecule has 0 spiro atoms. The number of carbonyl (C=O) groups excluding carboxylic acids is 1. The Bertz CT molecular complexity index is 875. The molecule has 9 heteroatoms. The van der Waals surface area contributed by atoms with Gasteiger partial charge in [0.1, 0.15) is 12.4 Å². The summed E-state index contributed by atoms with van der Waals surface area (Å²) in [6, 6.07) is 9.92. The molecule has 0 atom stereocenters. The van der Waals surface area contributed by atoms with Gasteiger partial charge in [-0.1, -0.05) is 41.4 Å². The molecule has 0 aliphatic heterocycles. The molecule has 0 aliphatic rings. The first kappa shape index (κ1) is 18.5. The lowest BCUT2D eigenvalue weighted by atomic mass is 10.3. The van der Waals surface area contributed by atoms with Crippen LogP contribution in [-0.4, -0.2) is 27.1 Å². The van der Waals surface area contributed by atoms with Gasteiger partial charge in [0.2, 0.25) is 15.9 Å². The molecule has 0 saturated carbocycles. The zero-order chi connectivity index (χ0) is 17.9. The summed E-state index contributed by atoms with van der Waals surface area (Å²) in [6.45, 7) is -0.609. The highest BCUT2D eigenvalue weighted by Crippen LogP contribution is 2.29. The number of amides is 1. The third-order valence-electron chi connectivity index (χ3n) is 3.03. The quantitative estimate of drug-likeness (QED) is 0.848. The van der Waals surface area contributed by atoms with Gasteiger partial charge in [0.05, 0.1) is 27.7 Å². The number of anilines is 2. The second-order valence-corrected chi connectivity index (χ2v) is 7.56. The van der Waals surface area contributed by atoms with Crippen molar-refractivity contribution in [1.29, 1.82) is 0 Å². The van der Waals surface area contributed by atoms with Gasteiger partial charge in [0, 0.05) is 0 Å². The van der Waals surface area contributed by atoms with Crippen LogP contribution >= 0.6 is 23.2 Å². The number of rotatable bonds is 5. The Labute approximate surface area is 149 Å². The van der Waals surface area contributed by atoms with Crippen LogP contribution < -0.4 is 9.62 Å². The zero-order valence-electron chi connectivity index (χ0n) is 12.5. The van der Waals surface area contributed by atoms with Crippen LogP contribution in [0.3, 0.4) is 0 Å². The standard InChI is InChI=1S/C15H13Cl2FN2O3S/c1-24(22,23)20(13-8-3-2-6-11(13)18)9-14(21)19-12-7-4-5-10(16)15(12)17/h2-8H,9H2,1H3,(H,19,21). The number of hydrogen-bond acceptors (Lipinski definition) is 3. The van der Waals surface area contributed by atoms with Crippen LogP contribution in [0.5, 0.6) is 0 Å². The van der Waals surface area contributed by atoms with Crippen molar-refractivity contribution < 1.29 is 17.6 Å². The predicted octanol–water partition coefficient (Wildman–Crippen LogP) is 3.54. The minimum atomic E-state index is -3.87. The van der Waals surface area contributed by atoms with Crippen LogP contribution in [0.2, 0.25) is 10.0 Å². The van der Waals surface area contributed by atoms with E-state index in [-0.39, 0.29) is 21.4 Å². The summed E-state index contributed by atoms with van der Waals surface area (Å²) in [7, 11) is -3.87. The summed E-state index contributed by atoms with van der Waals surface area (Å²) < 4.78 is 38.4. The molecule has 2 aromatic rings. The first-order valence-corrected chi connectivity index (χ1v) is 9.26. The monoisotopic (exact) mass is 390 g/mol. The van der Waals surface area contributed by atoms with Gasteiger partial charge in [-0.25, -0.2) is 12.8 Å². The number of nitrogens with zero attached hydrogens (tertiary/aromatic N) is 1. The lowest BCUT2D eigenvalue weighted by Crippen LogP contribution is -2.38. The fourth-order valence-electron chi connectivity index (χ4n) is 1.96. The van der Waals surface area contributed by atoms with E-state index in [2.05, 4.69) is 5.32 Å². The first-order chi connectivity index (χ1) is 11.2. The highest BCUT2D eigenvalue weighted by atomic mass is 35.5. The van der Waals surface area contributed by atoms with E-state index in [4.69, 9.17) is 23.2 Å². The van der Waals surface area contributed by atoms with Crippen molar-refractivity contribution in [2.75, 3.05) is 22.4 Å². The Morgan fingerprint density at radius 2 is 1.83 bits per heavy atom. The fraction of sp³-hybridized carbons (Fsp3) is 0.133. The molecule has 2 rings (SSSR count). The predicted molar refractivity (Wildman–Crippen MR) is 93.7 cm³/mol. The summed E-state index contributed by atoms with van der Waals surface area (Å²) in [5.74, 6) is -1.44. The summed E-state index contributed by atoms with van der Waals surface area (Å²) in [4.78, 5) is 12.2. The third kappa shape index (κ3) is 4.37. The largest absolute Gasteiger partial charge is 0.323 e. The van der Waals surface area contributed by atoms with Crippen LogP contribution in [0, 0.1) is 5.82 Å². The number of nitrogens with one attached hydrogen (secondary N) is 1. The van der Waals surface area contributed by atoms with Crippen molar-refractivity contribution in [3.63, 3.8) is 0 Å². The lowest BCUT2D eigenvalue weighted by Gasteiger charge is -2.22. The van der Waals surface area contributed by atoms with Crippen molar-refractivity contribution in [1.82, 2.24) is 0 Å². The van der Waals surface area contributed by atoms with Crippen LogP contribution in [0.4, 0.5) is 15.8 Å². The van der Waals surface area contributed by atoms with Gasteiger partial charge >= 0.3 is 0 Å². The van der Waals surface area contributed by atoms with E-state index in [1.54, 1.807) is 12.1 Å². The maximum absolute atomic E-state index is 13.9. The van der Waals surface area contributed by atoms with Crippen molar-refractivity contribution in [3.8, 4) is 0 Å². The summed E-state index contributed by atoms with van der Waals surface area (Å²) in [5.41, 5.74) is 0.0171. The molecule has 0 saturated heterocycles. The Hall–Kier alpha value is -1.83. The van der Waals surface area contributed by atoms with Crippen molar-refractivity contribution in [3.05, 3.63) is 58.3 Å². The van der Waals surface area contributed by atoms with Gasteiger partial charge in [-0.15, -0.1) is 0 Å². The van der Waals surface area contributed by atoms with Crippen LogP contribution in [0.25, 0.3) is 0 Å². The highest BCUT2D eigenvalue weighted by molar-refractivity contribution is 7.92. The van der Waals surface area contributed by atoms with Gasteiger partial charge in [-0.05, 0) is 24.3 Å². The van der Waals surface area contributed by atoms with Crippen molar-refractivity contribution in [2.45, 2.75) is 0 Å². The molecule has 0 unspecified atom stereocenters. The van der Waals surface area contributed by atoms with E-state index >= 15 is 0 Å². The number of sulfonamides is 1. The van der Waals surface area contributed by atoms with Gasteiger partial charge in [0.25, 0.3) is 0 Å². The molecule has 24 heavy (non-hydrogen) atoms. The molecule has 0 aromatic heterocycles. The normalized spacial score (nSPS) is 11.2. The second-order valence-electron chi connectivity index (χ2n) is 4.87. The maximum atomic E-state index is 13.9. The van der Waals surface area contributed by atoms with E-state index in [0.29, 0.717) is 4.31 Å². The highest BCUT2D eigenvalue weighted by Gasteiger charge is 2.23. The molecule has 0 fully saturated rings. The number of benzene rings is 2. The van der Waals surface area contributed by atoms with E-state index in [1.807, 2.05) is 0 Å². The molecule has 128 valence electrons. The van der Waals surface area contributed by atoms with Crippen LogP contribution in [0.1, 0.15) is 0 Å². The van der Waals surface area contributed by atoms with E-state index < -0.39 is 28.3 Å². The number of hydrogen-bond donors (Lipinski definition) is 1. The smallest absolute Gasteiger partial charge is 0.245 e. The SMILES string of the molecule is CS(=O)(=O)N(CC(=O)Nc1cccc(Cl)c1Cl)c1ccccc1F. The molecule has 0 radical (unpaired) electrons. The molecule has 1 amide bonds. The maximum Gasteiger partial charge on any atom is 0.245 e. The Balaban J connectivity index is 2.26. The zero-order valence-corrected chi connectivity index (χ0v) is 14.8. The minimum Gasteiger partial charge on any atom is -0.323 e. The fourth-order valence-corrected chi connectivity index (χ4v) is 3.16. The molecule has 2 aromatic carbocycles. The number of para-hydroxylation sites is 1. The average molecular weight is 391 g/mol. The first-order valence-electron chi connectivity index (χ1n) is 6.66. The molecule has 5 nitrogen and oxygen atoms in total. The molecule has 0 bridgehead atoms. The topological polar surface area (TPSA) is 66.5 Å². The summed E-state index contributed by atoms with van der Waals surface area (Å²) >= 11 is 11.8. The van der Waals surface area contributed by atoms with E-state index in [9.17, 15) is 17.6 Å². The van der Waals surface area contributed by atoms with Gasteiger partial charge in [-0.2, -0.15) is 0 Å². The second kappa shape index (κ2) is 7.38. The van der Waals surface area contributed by atoms with E-state index in [0.717, 1.165) is 12.3 Å². The molecule has 0 aliphatic carbocycles. The van der Waals surface area contributed by atoms with Gasteiger partial charge in [0.15, 0.2) is 0 Å². The molecule has 1 N–H and O–H groups in total. The average Bonchev–Trinajstić information content (AvgIpc) is 2.49. The van der Waals surface area contributed by atoms with Crippen molar-refractivity contribution in [2.24, 2.45) is 0 Å². The van der Waals surface area contributed by atoms with Crippen LogP contribution in [-0.2, 0) is 14.8 Å². The van der Waals surface area contributed by atoms with Gasteiger partial charge in [-0.3, -0.25) is 9.10 Å². The Kier molecular flexibility index (Phi) is 5.69. The molecular weight excluding hydrogens is 378 g/mol.